The second kappa shape index (κ2) is 2.62. The molecule has 12 heavy (non-hydrogen) atoms. The van der Waals surface area contributed by atoms with Gasteiger partial charge in [0.15, 0.2) is 0 Å². The molecule has 68 valence electrons. The van der Waals surface area contributed by atoms with Gasteiger partial charge in [-0.1, -0.05) is 0 Å². The first-order valence-electron chi connectivity index (χ1n) is 4.27. The maximum Gasteiger partial charge on any atom is 0.409 e. The lowest BCUT2D eigenvalue weighted by Gasteiger charge is -2.30. The number of amides is 1. The van der Waals surface area contributed by atoms with E-state index in [1.165, 1.54) is 7.11 Å². The summed E-state index contributed by atoms with van der Waals surface area (Å²) in [6.07, 6.45) is 0.946. The fourth-order valence-corrected chi connectivity index (χ4v) is 2.21. The average Bonchev–Trinajstić information content (AvgIpc) is 2.60. The molecule has 2 bridgehead atoms. The number of carbonyl (C=O) groups excluding carboxylic acids is 1. The molecule has 4 heteroatoms. The van der Waals surface area contributed by atoms with Crippen molar-refractivity contribution in [3.63, 3.8) is 0 Å². The molecule has 2 rings (SSSR count). The Morgan fingerprint density at radius 1 is 1.42 bits per heavy atom. The number of rotatable bonds is 0. The molecule has 0 aromatic carbocycles. The lowest BCUT2D eigenvalue weighted by Crippen LogP contribution is -2.47. The molecule has 2 heterocycles. The maximum absolute atomic E-state index is 11.2. The van der Waals surface area contributed by atoms with Gasteiger partial charge in [0.05, 0.1) is 7.11 Å². The third kappa shape index (κ3) is 0.982. The molecule has 0 aromatic heterocycles. The van der Waals surface area contributed by atoms with Crippen LogP contribution >= 0.6 is 0 Å². The van der Waals surface area contributed by atoms with Crippen molar-refractivity contribution in [3.05, 3.63) is 0 Å². The van der Waals surface area contributed by atoms with Crippen molar-refractivity contribution in [1.82, 2.24) is 9.80 Å². The first-order chi connectivity index (χ1) is 5.72. The molecule has 1 amide bonds. The quantitative estimate of drug-likeness (QED) is 0.518. The number of hydrogen-bond donors (Lipinski definition) is 0. The second-order valence-electron chi connectivity index (χ2n) is 3.61. The Morgan fingerprint density at radius 2 is 2.17 bits per heavy atom. The van der Waals surface area contributed by atoms with E-state index in [1.54, 1.807) is 0 Å². The van der Waals surface area contributed by atoms with Crippen molar-refractivity contribution in [3.8, 4) is 0 Å². The molecule has 0 N–H and O–H groups in total. The summed E-state index contributed by atoms with van der Waals surface area (Å²) in [5, 5.41) is 0. The van der Waals surface area contributed by atoms with Crippen LogP contribution in [0.3, 0.4) is 0 Å². The van der Waals surface area contributed by atoms with Gasteiger partial charge in [0, 0.05) is 25.2 Å². The third-order valence-corrected chi connectivity index (χ3v) is 2.92. The van der Waals surface area contributed by atoms with Crippen molar-refractivity contribution >= 4 is 6.09 Å². The van der Waals surface area contributed by atoms with E-state index >= 15 is 0 Å². The van der Waals surface area contributed by atoms with Gasteiger partial charge in [-0.3, -0.25) is 4.90 Å². The van der Waals surface area contributed by atoms with Gasteiger partial charge in [-0.2, -0.15) is 0 Å². The Morgan fingerprint density at radius 3 is 2.58 bits per heavy atom. The van der Waals surface area contributed by atoms with E-state index in [0.717, 1.165) is 19.5 Å². The smallest absolute Gasteiger partial charge is 0.409 e. The van der Waals surface area contributed by atoms with Crippen LogP contribution in [-0.2, 0) is 4.74 Å². The molecule has 2 unspecified atom stereocenters. The van der Waals surface area contributed by atoms with Gasteiger partial charge >= 0.3 is 6.09 Å². The summed E-state index contributed by atoms with van der Waals surface area (Å²) in [4.78, 5) is 15.3. The molecule has 2 atom stereocenters. The maximum atomic E-state index is 11.2. The van der Waals surface area contributed by atoms with E-state index < -0.39 is 0 Å². The zero-order valence-corrected chi connectivity index (χ0v) is 7.49. The monoisotopic (exact) mass is 170 g/mol. The van der Waals surface area contributed by atoms with E-state index in [9.17, 15) is 4.79 Å². The van der Waals surface area contributed by atoms with Crippen molar-refractivity contribution in [2.45, 2.75) is 18.5 Å². The highest BCUT2D eigenvalue weighted by Crippen LogP contribution is 2.29. The number of hydrogen-bond acceptors (Lipinski definition) is 3. The van der Waals surface area contributed by atoms with Crippen LogP contribution in [0, 0.1) is 0 Å². The number of fused-ring (bicyclic) bond motifs is 2. The van der Waals surface area contributed by atoms with E-state index in [4.69, 9.17) is 4.74 Å². The van der Waals surface area contributed by atoms with Crippen LogP contribution in [-0.4, -0.2) is 55.2 Å². The number of methoxy groups -OCH3 is 1. The highest BCUT2D eigenvalue weighted by Gasteiger charge is 2.43. The van der Waals surface area contributed by atoms with E-state index in [1.807, 2.05) is 4.90 Å². The predicted molar refractivity (Wildman–Crippen MR) is 43.9 cm³/mol. The molecule has 0 saturated carbocycles. The normalized spacial score (nSPS) is 34.3. The zero-order chi connectivity index (χ0) is 8.72. The summed E-state index contributed by atoms with van der Waals surface area (Å²) in [6, 6.07) is 0.960. The van der Waals surface area contributed by atoms with Gasteiger partial charge in [0.2, 0.25) is 0 Å². The molecule has 2 aliphatic rings. The average molecular weight is 170 g/mol. The van der Waals surface area contributed by atoms with Crippen LogP contribution in [0.25, 0.3) is 0 Å². The van der Waals surface area contributed by atoms with Crippen LogP contribution in [0.2, 0.25) is 0 Å². The van der Waals surface area contributed by atoms with Crippen LogP contribution in [0.1, 0.15) is 6.42 Å². The fourth-order valence-electron chi connectivity index (χ4n) is 2.21. The SMILES string of the molecule is COC(=O)N1CC2CC1CN2C. The van der Waals surface area contributed by atoms with Gasteiger partial charge in [0.1, 0.15) is 0 Å². The first-order valence-corrected chi connectivity index (χ1v) is 4.27. The Bertz CT molecular complexity index is 205. The molecule has 2 saturated heterocycles. The van der Waals surface area contributed by atoms with Crippen molar-refractivity contribution in [2.75, 3.05) is 27.2 Å². The van der Waals surface area contributed by atoms with Gasteiger partial charge in [0.25, 0.3) is 0 Å². The van der Waals surface area contributed by atoms with E-state index in [-0.39, 0.29) is 6.09 Å². The highest BCUT2D eigenvalue weighted by atomic mass is 16.5. The summed E-state index contributed by atoms with van der Waals surface area (Å²) in [7, 11) is 3.55. The van der Waals surface area contributed by atoms with Crippen molar-refractivity contribution in [1.29, 1.82) is 0 Å². The van der Waals surface area contributed by atoms with Crippen molar-refractivity contribution in [2.24, 2.45) is 0 Å². The zero-order valence-electron chi connectivity index (χ0n) is 7.49. The Labute approximate surface area is 72.1 Å². The molecule has 0 spiro atoms. The summed E-state index contributed by atoms with van der Waals surface area (Å²) in [6.45, 7) is 1.84. The number of likely N-dealkylation sites (tertiary alicyclic amines) is 2. The minimum atomic E-state index is -0.171. The number of nitrogens with zero attached hydrogens (tertiary/aromatic N) is 2. The lowest BCUT2D eigenvalue weighted by molar-refractivity contribution is 0.0957. The lowest BCUT2D eigenvalue weighted by atomic mass is 10.2. The van der Waals surface area contributed by atoms with E-state index in [0.29, 0.717) is 12.1 Å². The Balaban J connectivity index is 2.02. The van der Waals surface area contributed by atoms with Crippen LogP contribution in [0.4, 0.5) is 4.79 Å². The summed E-state index contributed by atoms with van der Waals surface area (Å²) in [5.74, 6) is 0. The van der Waals surface area contributed by atoms with Crippen LogP contribution in [0.5, 0.6) is 0 Å². The van der Waals surface area contributed by atoms with Gasteiger partial charge in [-0.05, 0) is 13.5 Å². The van der Waals surface area contributed by atoms with Crippen molar-refractivity contribution < 1.29 is 9.53 Å². The molecule has 2 fully saturated rings. The highest BCUT2D eigenvalue weighted by molar-refractivity contribution is 5.68. The third-order valence-electron chi connectivity index (χ3n) is 2.92. The molecule has 2 aliphatic heterocycles. The number of ether oxygens (including phenoxy) is 1. The Kier molecular flexibility index (Phi) is 1.72. The second-order valence-corrected chi connectivity index (χ2v) is 3.61. The minimum Gasteiger partial charge on any atom is -0.453 e. The summed E-state index contributed by atoms with van der Waals surface area (Å²) >= 11 is 0. The first kappa shape index (κ1) is 7.86. The summed E-state index contributed by atoms with van der Waals surface area (Å²) < 4.78 is 4.69. The standard InChI is InChI=1S/C8H14N2O2/c1-9-4-7-3-6(9)5-10(7)8(11)12-2/h6-7H,3-5H2,1-2H3. The number of carbonyl (C=O) groups is 1. The topological polar surface area (TPSA) is 32.8 Å². The number of piperazine rings is 1. The molecule has 0 radical (unpaired) electrons. The predicted octanol–water partition coefficient (Wildman–Crippen LogP) is 0.141. The molecule has 0 aromatic rings. The largest absolute Gasteiger partial charge is 0.453 e. The van der Waals surface area contributed by atoms with Gasteiger partial charge in [-0.25, -0.2) is 4.79 Å². The fraction of sp³-hybridized carbons (Fsp3) is 0.875. The number of likely N-dealkylation sites (N-methyl/N-ethyl adjacent to an activating group) is 1. The van der Waals surface area contributed by atoms with Gasteiger partial charge in [-0.15, -0.1) is 0 Å². The van der Waals surface area contributed by atoms with Crippen LogP contribution in [0.15, 0.2) is 0 Å². The van der Waals surface area contributed by atoms with Crippen LogP contribution < -0.4 is 0 Å². The molecular weight excluding hydrogens is 156 g/mol. The summed E-state index contributed by atoms with van der Waals surface area (Å²) in [5.41, 5.74) is 0. The molecule has 4 nitrogen and oxygen atoms in total. The van der Waals surface area contributed by atoms with E-state index in [2.05, 4.69) is 11.9 Å². The molecular formula is C8H14N2O2. The minimum absolute atomic E-state index is 0.171. The van der Waals surface area contributed by atoms with Gasteiger partial charge < -0.3 is 9.64 Å². The Hall–Kier alpha value is -0.770. The molecule has 0 aliphatic carbocycles.